The summed E-state index contributed by atoms with van der Waals surface area (Å²) in [6.07, 6.45) is 4.86. The van der Waals surface area contributed by atoms with Gasteiger partial charge >= 0.3 is 0 Å². The van der Waals surface area contributed by atoms with Crippen LogP contribution in [-0.2, 0) is 4.79 Å². The summed E-state index contributed by atoms with van der Waals surface area (Å²) in [5.41, 5.74) is 2.26. The standard InChI is InChI=1S/C18H20N2O2/c1-13(2)15-9-6-14(7-10-15)8-11-17(21)20-18-16(22-3)5-4-12-19-18/h4-13H,1-3H3,(H,19,20,21)/b11-8+. The number of nitrogens with zero attached hydrogens (tertiary/aromatic N) is 1. The number of anilines is 1. The van der Waals surface area contributed by atoms with E-state index in [0.29, 0.717) is 17.5 Å². The summed E-state index contributed by atoms with van der Waals surface area (Å²) in [6.45, 7) is 4.30. The van der Waals surface area contributed by atoms with Crippen molar-refractivity contribution in [2.24, 2.45) is 0 Å². The molecule has 0 aliphatic rings. The highest BCUT2D eigenvalue weighted by atomic mass is 16.5. The second-order valence-corrected chi connectivity index (χ2v) is 5.20. The number of methoxy groups -OCH3 is 1. The summed E-state index contributed by atoms with van der Waals surface area (Å²) in [7, 11) is 1.54. The van der Waals surface area contributed by atoms with E-state index in [1.54, 1.807) is 31.5 Å². The Morgan fingerprint density at radius 3 is 2.59 bits per heavy atom. The highest BCUT2D eigenvalue weighted by Gasteiger charge is 2.05. The third-order valence-electron chi connectivity index (χ3n) is 3.26. The molecular formula is C18H20N2O2. The van der Waals surface area contributed by atoms with Crippen molar-refractivity contribution in [3.63, 3.8) is 0 Å². The molecule has 1 aromatic heterocycles. The van der Waals surface area contributed by atoms with Crippen LogP contribution in [0.5, 0.6) is 5.75 Å². The van der Waals surface area contributed by atoms with Crippen LogP contribution in [0.15, 0.2) is 48.7 Å². The molecule has 1 N–H and O–H groups in total. The summed E-state index contributed by atoms with van der Waals surface area (Å²) in [5, 5.41) is 2.70. The molecule has 0 aliphatic carbocycles. The van der Waals surface area contributed by atoms with Crippen molar-refractivity contribution in [3.05, 3.63) is 59.8 Å². The Bertz CT molecular complexity index is 661. The van der Waals surface area contributed by atoms with Crippen LogP contribution in [0.4, 0.5) is 5.82 Å². The number of aromatic nitrogens is 1. The van der Waals surface area contributed by atoms with Gasteiger partial charge in [-0.25, -0.2) is 4.98 Å². The first-order valence-corrected chi connectivity index (χ1v) is 7.18. The summed E-state index contributed by atoms with van der Waals surface area (Å²) < 4.78 is 5.14. The van der Waals surface area contributed by atoms with Crippen LogP contribution < -0.4 is 10.1 Å². The molecule has 0 unspecified atom stereocenters. The molecule has 22 heavy (non-hydrogen) atoms. The van der Waals surface area contributed by atoms with Gasteiger partial charge in [0.15, 0.2) is 11.6 Å². The van der Waals surface area contributed by atoms with Crippen molar-refractivity contribution in [2.75, 3.05) is 12.4 Å². The monoisotopic (exact) mass is 296 g/mol. The van der Waals surface area contributed by atoms with Gasteiger partial charge in [0.25, 0.3) is 0 Å². The predicted octanol–water partition coefficient (Wildman–Crippen LogP) is 3.87. The van der Waals surface area contributed by atoms with Crippen LogP contribution in [0.3, 0.4) is 0 Å². The molecule has 2 rings (SSSR count). The van der Waals surface area contributed by atoms with Gasteiger partial charge in [0.1, 0.15) is 0 Å². The SMILES string of the molecule is COc1cccnc1NC(=O)/C=C/c1ccc(C(C)C)cc1. The van der Waals surface area contributed by atoms with Gasteiger partial charge < -0.3 is 10.1 Å². The lowest BCUT2D eigenvalue weighted by Gasteiger charge is -2.06. The smallest absolute Gasteiger partial charge is 0.249 e. The Morgan fingerprint density at radius 2 is 1.95 bits per heavy atom. The number of hydrogen-bond acceptors (Lipinski definition) is 3. The van der Waals surface area contributed by atoms with E-state index < -0.39 is 0 Å². The second-order valence-electron chi connectivity index (χ2n) is 5.20. The minimum atomic E-state index is -0.245. The lowest BCUT2D eigenvalue weighted by Crippen LogP contribution is -2.10. The molecule has 0 saturated heterocycles. The fourth-order valence-electron chi connectivity index (χ4n) is 1.97. The topological polar surface area (TPSA) is 51.2 Å². The van der Waals surface area contributed by atoms with Crippen molar-refractivity contribution >= 4 is 17.8 Å². The Kier molecular flexibility index (Phi) is 5.31. The number of pyridine rings is 1. The minimum absolute atomic E-state index is 0.245. The first-order chi connectivity index (χ1) is 10.6. The van der Waals surface area contributed by atoms with Gasteiger partial charge in [-0.1, -0.05) is 38.1 Å². The zero-order valence-electron chi connectivity index (χ0n) is 13.0. The average Bonchev–Trinajstić information content (AvgIpc) is 2.54. The number of hydrogen-bond donors (Lipinski definition) is 1. The van der Waals surface area contributed by atoms with E-state index in [9.17, 15) is 4.79 Å². The maximum atomic E-state index is 11.9. The van der Waals surface area contributed by atoms with E-state index in [2.05, 4.69) is 36.3 Å². The van der Waals surface area contributed by atoms with E-state index in [0.717, 1.165) is 5.56 Å². The molecule has 0 fully saturated rings. The van der Waals surface area contributed by atoms with Gasteiger partial charge in [0.2, 0.25) is 5.91 Å². The first-order valence-electron chi connectivity index (χ1n) is 7.18. The van der Waals surface area contributed by atoms with Gasteiger partial charge in [-0.15, -0.1) is 0 Å². The molecule has 1 amide bonds. The summed E-state index contributed by atoms with van der Waals surface area (Å²) in [5.74, 6) is 1.20. The Labute approximate surface area is 130 Å². The maximum Gasteiger partial charge on any atom is 0.249 e. The molecule has 0 saturated carbocycles. The average molecular weight is 296 g/mol. The number of carbonyl (C=O) groups excluding carboxylic acids is 1. The molecule has 114 valence electrons. The van der Waals surface area contributed by atoms with Crippen molar-refractivity contribution in [1.29, 1.82) is 0 Å². The fraction of sp³-hybridized carbons (Fsp3) is 0.222. The van der Waals surface area contributed by atoms with E-state index in [-0.39, 0.29) is 5.91 Å². The van der Waals surface area contributed by atoms with Crippen LogP contribution in [0.25, 0.3) is 6.08 Å². The van der Waals surface area contributed by atoms with Gasteiger partial charge in [0.05, 0.1) is 7.11 Å². The van der Waals surface area contributed by atoms with Crippen LogP contribution in [0, 0.1) is 0 Å². The van der Waals surface area contributed by atoms with Crippen LogP contribution in [-0.4, -0.2) is 18.0 Å². The van der Waals surface area contributed by atoms with Crippen molar-refractivity contribution in [1.82, 2.24) is 4.98 Å². The number of benzene rings is 1. The summed E-state index contributed by atoms with van der Waals surface area (Å²) in [6, 6.07) is 11.6. The molecule has 4 nitrogen and oxygen atoms in total. The van der Waals surface area contributed by atoms with Crippen LogP contribution >= 0.6 is 0 Å². The largest absolute Gasteiger partial charge is 0.493 e. The third-order valence-corrected chi connectivity index (χ3v) is 3.26. The van der Waals surface area contributed by atoms with E-state index in [1.165, 1.54) is 11.6 Å². The number of amides is 1. The molecule has 0 bridgehead atoms. The van der Waals surface area contributed by atoms with E-state index in [4.69, 9.17) is 4.74 Å². The molecule has 0 atom stereocenters. The van der Waals surface area contributed by atoms with Crippen molar-refractivity contribution in [2.45, 2.75) is 19.8 Å². The molecule has 2 aromatic rings. The minimum Gasteiger partial charge on any atom is -0.493 e. The third kappa shape index (κ3) is 4.19. The zero-order chi connectivity index (χ0) is 15.9. The molecule has 1 aromatic carbocycles. The maximum absolute atomic E-state index is 11.9. The number of carbonyl (C=O) groups is 1. The Morgan fingerprint density at radius 1 is 1.23 bits per heavy atom. The predicted molar refractivity (Wildman–Crippen MR) is 89.0 cm³/mol. The molecular weight excluding hydrogens is 276 g/mol. The highest BCUT2D eigenvalue weighted by Crippen LogP contribution is 2.20. The lowest BCUT2D eigenvalue weighted by molar-refractivity contribution is -0.111. The molecule has 4 heteroatoms. The fourth-order valence-corrected chi connectivity index (χ4v) is 1.97. The van der Waals surface area contributed by atoms with Crippen molar-refractivity contribution < 1.29 is 9.53 Å². The number of ether oxygens (including phenoxy) is 1. The van der Waals surface area contributed by atoms with E-state index >= 15 is 0 Å². The zero-order valence-corrected chi connectivity index (χ0v) is 13.0. The summed E-state index contributed by atoms with van der Waals surface area (Å²) >= 11 is 0. The van der Waals surface area contributed by atoms with Crippen molar-refractivity contribution in [3.8, 4) is 5.75 Å². The molecule has 0 spiro atoms. The van der Waals surface area contributed by atoms with Gasteiger partial charge in [-0.3, -0.25) is 4.79 Å². The normalized spacial score (nSPS) is 10.9. The highest BCUT2D eigenvalue weighted by molar-refractivity contribution is 6.02. The van der Waals surface area contributed by atoms with E-state index in [1.807, 2.05) is 12.1 Å². The van der Waals surface area contributed by atoms with Gasteiger partial charge in [0, 0.05) is 12.3 Å². The molecule has 0 aliphatic heterocycles. The van der Waals surface area contributed by atoms with Crippen LogP contribution in [0.1, 0.15) is 30.9 Å². The molecule has 1 heterocycles. The Balaban J connectivity index is 2.02. The van der Waals surface area contributed by atoms with Gasteiger partial charge in [-0.2, -0.15) is 0 Å². The van der Waals surface area contributed by atoms with Gasteiger partial charge in [-0.05, 0) is 35.3 Å². The first kappa shape index (κ1) is 15.8. The lowest BCUT2D eigenvalue weighted by atomic mass is 10.0. The van der Waals surface area contributed by atoms with Crippen LogP contribution in [0.2, 0.25) is 0 Å². The molecule has 0 radical (unpaired) electrons. The quantitative estimate of drug-likeness (QED) is 0.852. The second kappa shape index (κ2) is 7.41. The number of rotatable bonds is 5. The Hall–Kier alpha value is -2.62. The number of nitrogens with one attached hydrogen (secondary N) is 1. The summed E-state index contributed by atoms with van der Waals surface area (Å²) in [4.78, 5) is 16.0.